The van der Waals surface area contributed by atoms with Crippen molar-refractivity contribution < 1.29 is 9.59 Å². The summed E-state index contributed by atoms with van der Waals surface area (Å²) in [5.74, 6) is 0.0460. The number of ketones is 1. The number of carbonyl (C=O) groups excluding carboxylic acids is 2. The predicted molar refractivity (Wildman–Crippen MR) is 80.5 cm³/mol. The summed E-state index contributed by atoms with van der Waals surface area (Å²) in [6.45, 7) is 4.13. The Labute approximate surface area is 124 Å². The molecule has 1 aromatic carbocycles. The van der Waals surface area contributed by atoms with Crippen LogP contribution in [0, 0.1) is 0 Å². The molecule has 4 nitrogen and oxygen atoms in total. The molecule has 1 saturated heterocycles. The van der Waals surface area contributed by atoms with E-state index in [1.54, 1.807) is 4.90 Å². The lowest BCUT2D eigenvalue weighted by Gasteiger charge is -2.30. The van der Waals surface area contributed by atoms with Crippen LogP contribution in [-0.4, -0.2) is 33.2 Å². The molecule has 108 valence electrons. The number of benzene rings is 1. The first-order chi connectivity index (χ1) is 10.00. The monoisotopic (exact) mass is 282 g/mol. The van der Waals surface area contributed by atoms with Gasteiger partial charge in [0.25, 0.3) is 5.91 Å². The summed E-state index contributed by atoms with van der Waals surface area (Å²) < 4.78 is 1.98. The minimum Gasteiger partial charge on any atom is -0.326 e. The molecule has 1 aliphatic rings. The number of likely N-dealkylation sites (tertiary alicyclic amines) is 1. The molecule has 2 aromatic rings. The van der Waals surface area contributed by atoms with Gasteiger partial charge in [-0.1, -0.05) is 0 Å². The van der Waals surface area contributed by atoms with E-state index in [1.807, 2.05) is 67.2 Å². The van der Waals surface area contributed by atoms with Crippen LogP contribution in [0.25, 0.3) is 5.69 Å². The van der Waals surface area contributed by atoms with Gasteiger partial charge in [0.15, 0.2) is 5.78 Å². The summed E-state index contributed by atoms with van der Waals surface area (Å²) in [6.07, 6.45) is 4.36. The van der Waals surface area contributed by atoms with Crippen molar-refractivity contribution in [2.75, 3.05) is 6.54 Å². The number of carbonyl (C=O) groups is 2. The lowest BCUT2D eigenvalue weighted by Crippen LogP contribution is -2.46. The maximum Gasteiger partial charge on any atom is 0.254 e. The van der Waals surface area contributed by atoms with Gasteiger partial charge >= 0.3 is 0 Å². The molecule has 0 bridgehead atoms. The number of amides is 1. The van der Waals surface area contributed by atoms with Crippen LogP contribution in [-0.2, 0) is 4.79 Å². The first-order valence-electron chi connectivity index (χ1n) is 7.09. The lowest BCUT2D eigenvalue weighted by atomic mass is 10.00. The highest BCUT2D eigenvalue weighted by Crippen LogP contribution is 2.27. The number of rotatable bonds is 2. The third-order valence-corrected chi connectivity index (χ3v) is 4.18. The van der Waals surface area contributed by atoms with E-state index in [9.17, 15) is 9.59 Å². The van der Waals surface area contributed by atoms with E-state index in [0.717, 1.165) is 5.69 Å². The normalized spacial score (nSPS) is 17.2. The number of hydrogen-bond donors (Lipinski definition) is 0. The Morgan fingerprint density at radius 3 is 2.24 bits per heavy atom. The molecular weight excluding hydrogens is 264 g/mol. The van der Waals surface area contributed by atoms with Gasteiger partial charge in [-0.15, -0.1) is 0 Å². The van der Waals surface area contributed by atoms with Gasteiger partial charge in [-0.2, -0.15) is 0 Å². The predicted octanol–water partition coefficient (Wildman–Crippen LogP) is 2.67. The van der Waals surface area contributed by atoms with Gasteiger partial charge in [0, 0.05) is 36.6 Å². The van der Waals surface area contributed by atoms with Crippen molar-refractivity contribution in [2.24, 2.45) is 0 Å². The zero-order chi connectivity index (χ0) is 15.0. The van der Waals surface area contributed by atoms with Gasteiger partial charge in [0.1, 0.15) is 0 Å². The van der Waals surface area contributed by atoms with E-state index in [-0.39, 0.29) is 11.7 Å². The Kier molecular flexibility index (Phi) is 3.16. The fourth-order valence-electron chi connectivity index (χ4n) is 2.74. The van der Waals surface area contributed by atoms with Crippen molar-refractivity contribution in [1.82, 2.24) is 9.47 Å². The molecule has 4 heteroatoms. The Morgan fingerprint density at radius 2 is 1.71 bits per heavy atom. The molecule has 0 spiro atoms. The van der Waals surface area contributed by atoms with Crippen LogP contribution in [0.15, 0.2) is 48.8 Å². The molecule has 0 radical (unpaired) electrons. The van der Waals surface area contributed by atoms with Gasteiger partial charge in [-0.05, 0) is 50.2 Å². The summed E-state index contributed by atoms with van der Waals surface area (Å²) in [5, 5.41) is 0. The summed E-state index contributed by atoms with van der Waals surface area (Å²) in [6, 6.07) is 11.4. The maximum atomic E-state index is 12.6. The molecule has 0 aliphatic carbocycles. The smallest absolute Gasteiger partial charge is 0.254 e. The molecule has 1 aliphatic heterocycles. The fourth-order valence-corrected chi connectivity index (χ4v) is 2.74. The Hall–Kier alpha value is -2.36. The average molecular weight is 282 g/mol. The zero-order valence-corrected chi connectivity index (χ0v) is 12.2. The SMILES string of the molecule is CC1(C)C(=O)CCN1C(=O)c1ccc(-n2cccc2)cc1. The molecule has 21 heavy (non-hydrogen) atoms. The summed E-state index contributed by atoms with van der Waals surface area (Å²) >= 11 is 0. The van der Waals surface area contributed by atoms with Crippen molar-refractivity contribution in [2.45, 2.75) is 25.8 Å². The molecule has 1 amide bonds. The number of nitrogens with zero attached hydrogens (tertiary/aromatic N) is 2. The Bertz CT molecular complexity index is 669. The van der Waals surface area contributed by atoms with E-state index < -0.39 is 5.54 Å². The van der Waals surface area contributed by atoms with E-state index in [4.69, 9.17) is 0 Å². The lowest BCUT2D eigenvalue weighted by molar-refractivity contribution is -0.123. The standard InChI is InChI=1S/C17H18N2O2/c1-17(2)15(20)9-12-19(17)16(21)13-5-7-14(8-6-13)18-10-3-4-11-18/h3-8,10-11H,9,12H2,1-2H3. The van der Waals surface area contributed by atoms with E-state index in [2.05, 4.69) is 0 Å². The molecule has 2 heterocycles. The third-order valence-electron chi connectivity index (χ3n) is 4.18. The van der Waals surface area contributed by atoms with Gasteiger partial charge in [-0.25, -0.2) is 0 Å². The van der Waals surface area contributed by atoms with Crippen molar-refractivity contribution >= 4 is 11.7 Å². The third kappa shape index (κ3) is 2.27. The summed E-state index contributed by atoms with van der Waals surface area (Å²) in [4.78, 5) is 26.1. The summed E-state index contributed by atoms with van der Waals surface area (Å²) in [7, 11) is 0. The van der Waals surface area contributed by atoms with Crippen LogP contribution in [0.4, 0.5) is 0 Å². The zero-order valence-electron chi connectivity index (χ0n) is 12.2. The van der Waals surface area contributed by atoms with Gasteiger partial charge in [0.05, 0.1) is 5.54 Å². The molecule has 0 N–H and O–H groups in total. The second-order valence-electron chi connectivity index (χ2n) is 5.83. The second-order valence-corrected chi connectivity index (χ2v) is 5.83. The molecular formula is C17H18N2O2. The topological polar surface area (TPSA) is 42.3 Å². The minimum atomic E-state index is -0.698. The molecule has 1 aromatic heterocycles. The fraction of sp³-hybridized carbons (Fsp3) is 0.294. The van der Waals surface area contributed by atoms with Crippen molar-refractivity contribution in [3.63, 3.8) is 0 Å². The maximum absolute atomic E-state index is 12.6. The molecule has 3 rings (SSSR count). The van der Waals surface area contributed by atoms with E-state index >= 15 is 0 Å². The van der Waals surface area contributed by atoms with Crippen LogP contribution in [0.5, 0.6) is 0 Å². The molecule has 0 saturated carbocycles. The number of hydrogen-bond acceptors (Lipinski definition) is 2. The highest BCUT2D eigenvalue weighted by atomic mass is 16.2. The largest absolute Gasteiger partial charge is 0.326 e. The first kappa shape index (κ1) is 13.6. The Balaban J connectivity index is 1.84. The van der Waals surface area contributed by atoms with Gasteiger partial charge in [-0.3, -0.25) is 9.59 Å². The van der Waals surface area contributed by atoms with Crippen molar-refractivity contribution in [3.8, 4) is 5.69 Å². The van der Waals surface area contributed by atoms with Gasteiger partial charge in [0.2, 0.25) is 0 Å². The van der Waals surface area contributed by atoms with Crippen LogP contribution in [0.3, 0.4) is 0 Å². The van der Waals surface area contributed by atoms with Gasteiger partial charge < -0.3 is 9.47 Å². The summed E-state index contributed by atoms with van der Waals surface area (Å²) in [5.41, 5.74) is 0.929. The highest BCUT2D eigenvalue weighted by molar-refractivity contribution is 6.01. The van der Waals surface area contributed by atoms with Crippen LogP contribution >= 0.6 is 0 Å². The second kappa shape index (κ2) is 4.88. The quantitative estimate of drug-likeness (QED) is 0.850. The molecule has 1 fully saturated rings. The minimum absolute atomic E-state index is 0.0788. The Morgan fingerprint density at radius 1 is 1.10 bits per heavy atom. The van der Waals surface area contributed by atoms with Crippen LogP contribution in [0.1, 0.15) is 30.6 Å². The molecule has 0 unspecified atom stereocenters. The average Bonchev–Trinajstić information content (AvgIpc) is 3.08. The van der Waals surface area contributed by atoms with E-state index in [0.29, 0.717) is 18.5 Å². The van der Waals surface area contributed by atoms with Crippen molar-refractivity contribution in [3.05, 3.63) is 54.4 Å². The van der Waals surface area contributed by atoms with E-state index in [1.165, 1.54) is 0 Å². The number of Topliss-reactive ketones (excluding diaryl/α,β-unsaturated/α-hetero) is 1. The van der Waals surface area contributed by atoms with Crippen LogP contribution in [0.2, 0.25) is 0 Å². The van der Waals surface area contributed by atoms with Crippen molar-refractivity contribution in [1.29, 1.82) is 0 Å². The molecule has 0 atom stereocenters. The number of aromatic nitrogens is 1. The first-order valence-corrected chi connectivity index (χ1v) is 7.09. The van der Waals surface area contributed by atoms with Crippen LogP contribution < -0.4 is 0 Å². The highest BCUT2D eigenvalue weighted by Gasteiger charge is 2.42.